The van der Waals surface area contributed by atoms with E-state index in [4.69, 9.17) is 9.47 Å². The molecule has 0 radical (unpaired) electrons. The van der Waals surface area contributed by atoms with Crippen molar-refractivity contribution in [2.45, 2.75) is 50.1 Å². The minimum Gasteiger partial charge on any atom is -0.467 e. The van der Waals surface area contributed by atoms with E-state index in [1.807, 2.05) is 23.0 Å². The number of fused-ring (bicyclic) bond motifs is 2. The van der Waals surface area contributed by atoms with Crippen molar-refractivity contribution in [2.75, 3.05) is 6.79 Å². The third-order valence-corrected chi connectivity index (χ3v) is 8.46. The van der Waals surface area contributed by atoms with E-state index in [2.05, 4.69) is 23.2 Å². The van der Waals surface area contributed by atoms with Crippen LogP contribution in [0.2, 0.25) is 0 Å². The highest BCUT2D eigenvalue weighted by Gasteiger charge is 2.24. The lowest BCUT2D eigenvalue weighted by atomic mass is 9.87. The Morgan fingerprint density at radius 1 is 1.31 bits per heavy atom. The second kappa shape index (κ2) is 8.84. The van der Waals surface area contributed by atoms with E-state index in [-0.39, 0.29) is 17.4 Å². The van der Waals surface area contributed by atoms with Crippen LogP contribution in [0.3, 0.4) is 0 Å². The molecule has 168 valence electrons. The Morgan fingerprint density at radius 3 is 3.00 bits per heavy atom. The molecular formula is C22H24N4O4S2. The fourth-order valence-corrected chi connectivity index (χ4v) is 6.46. The molecule has 5 rings (SSSR count). The molecule has 10 heteroatoms. The zero-order valence-electron chi connectivity index (χ0n) is 18.0. The average molecular weight is 473 g/mol. The number of rotatable bonds is 6. The fourth-order valence-electron chi connectivity index (χ4n) is 4.35. The van der Waals surface area contributed by atoms with Gasteiger partial charge in [0.2, 0.25) is 0 Å². The number of aromatic nitrogens is 3. The average Bonchev–Trinajstić information content (AvgIpc) is 3.39. The Bertz CT molecular complexity index is 1170. The molecule has 3 aromatic rings. The Labute approximate surface area is 194 Å². The zero-order chi connectivity index (χ0) is 22.2. The maximum absolute atomic E-state index is 11.3. The second-order valence-corrected chi connectivity index (χ2v) is 10.3. The van der Waals surface area contributed by atoms with Gasteiger partial charge in [0.05, 0.1) is 16.4 Å². The van der Waals surface area contributed by atoms with Gasteiger partial charge in [-0.2, -0.15) is 0 Å². The standard InChI is InChI=1S/C22H24N4O4S2/c1-3-13-4-5-18-14(6-13)9-19(32-18)21-23-24-22(25(21)2)31-11-16-8-17(26(27)28)7-15-10-29-12-30-20(15)16/h7-9,13H,3-6,10-12H2,1-2H3. The topological polar surface area (TPSA) is 92.3 Å². The maximum atomic E-state index is 11.3. The highest BCUT2D eigenvalue weighted by Crippen LogP contribution is 2.39. The summed E-state index contributed by atoms with van der Waals surface area (Å²) in [5.41, 5.74) is 2.98. The zero-order valence-corrected chi connectivity index (χ0v) is 19.6. The number of nitro benzene ring substituents is 1. The summed E-state index contributed by atoms with van der Waals surface area (Å²) in [5.74, 6) is 2.82. The largest absolute Gasteiger partial charge is 0.467 e. The van der Waals surface area contributed by atoms with Crippen molar-refractivity contribution in [3.05, 3.63) is 49.9 Å². The summed E-state index contributed by atoms with van der Waals surface area (Å²) in [6, 6.07) is 5.38. The molecule has 1 aromatic carbocycles. The summed E-state index contributed by atoms with van der Waals surface area (Å²) in [7, 11) is 1.97. The van der Waals surface area contributed by atoms with Gasteiger partial charge in [-0.15, -0.1) is 21.5 Å². The molecule has 1 unspecified atom stereocenters. The van der Waals surface area contributed by atoms with Crippen LogP contribution < -0.4 is 4.74 Å². The molecule has 3 heterocycles. The summed E-state index contributed by atoms with van der Waals surface area (Å²) < 4.78 is 12.9. The Hall–Kier alpha value is -2.43. The van der Waals surface area contributed by atoms with Gasteiger partial charge < -0.3 is 14.0 Å². The van der Waals surface area contributed by atoms with Gasteiger partial charge in [-0.3, -0.25) is 10.1 Å². The van der Waals surface area contributed by atoms with Crippen LogP contribution in [0.1, 0.15) is 41.3 Å². The van der Waals surface area contributed by atoms with Gasteiger partial charge in [0.1, 0.15) is 5.75 Å². The summed E-state index contributed by atoms with van der Waals surface area (Å²) in [5, 5.41) is 21.0. The molecule has 0 saturated carbocycles. The van der Waals surface area contributed by atoms with E-state index >= 15 is 0 Å². The van der Waals surface area contributed by atoms with Crippen LogP contribution >= 0.6 is 23.1 Å². The highest BCUT2D eigenvalue weighted by molar-refractivity contribution is 7.98. The number of nitrogens with zero attached hydrogens (tertiary/aromatic N) is 4. The SMILES string of the molecule is CCC1CCc2sc(-c3nnc(SCc4cc([N+](=O)[O-])cc5c4OCOC5)n3C)cc2C1. The van der Waals surface area contributed by atoms with Crippen LogP contribution in [0.15, 0.2) is 23.4 Å². The summed E-state index contributed by atoms with van der Waals surface area (Å²) in [6.45, 7) is 2.73. The van der Waals surface area contributed by atoms with Crippen molar-refractivity contribution in [2.24, 2.45) is 13.0 Å². The van der Waals surface area contributed by atoms with Crippen LogP contribution in [-0.2, 0) is 37.0 Å². The predicted octanol–water partition coefficient (Wildman–Crippen LogP) is 5.13. The van der Waals surface area contributed by atoms with Gasteiger partial charge in [0, 0.05) is 40.9 Å². The lowest BCUT2D eigenvalue weighted by molar-refractivity contribution is -0.385. The molecule has 0 fully saturated rings. The van der Waals surface area contributed by atoms with Crippen LogP contribution in [0.4, 0.5) is 5.69 Å². The summed E-state index contributed by atoms with van der Waals surface area (Å²) in [6.07, 6.45) is 4.81. The Kier molecular flexibility index (Phi) is 5.92. The predicted molar refractivity (Wildman–Crippen MR) is 123 cm³/mol. The van der Waals surface area contributed by atoms with E-state index < -0.39 is 0 Å². The van der Waals surface area contributed by atoms with Crippen LogP contribution in [0.5, 0.6) is 5.75 Å². The number of aryl methyl sites for hydroxylation is 1. The van der Waals surface area contributed by atoms with Gasteiger partial charge in [-0.25, -0.2) is 0 Å². The van der Waals surface area contributed by atoms with Gasteiger partial charge in [-0.1, -0.05) is 25.1 Å². The summed E-state index contributed by atoms with van der Waals surface area (Å²) >= 11 is 3.32. The Morgan fingerprint density at radius 2 is 2.19 bits per heavy atom. The van der Waals surface area contributed by atoms with Gasteiger partial charge in [-0.05, 0) is 36.8 Å². The third kappa shape index (κ3) is 4.02. The van der Waals surface area contributed by atoms with E-state index in [1.54, 1.807) is 6.07 Å². The van der Waals surface area contributed by atoms with E-state index in [0.29, 0.717) is 23.7 Å². The number of ether oxygens (including phenoxy) is 2. The first kappa shape index (κ1) is 21.4. The van der Waals surface area contributed by atoms with Crippen LogP contribution in [-0.4, -0.2) is 26.5 Å². The monoisotopic (exact) mass is 472 g/mol. The van der Waals surface area contributed by atoms with E-state index in [0.717, 1.165) is 40.2 Å². The van der Waals surface area contributed by atoms with Crippen molar-refractivity contribution in [3.8, 4) is 16.5 Å². The van der Waals surface area contributed by atoms with E-state index in [9.17, 15) is 10.1 Å². The first-order chi connectivity index (χ1) is 15.5. The Balaban J connectivity index is 1.37. The molecule has 1 aliphatic carbocycles. The van der Waals surface area contributed by atoms with Crippen molar-refractivity contribution < 1.29 is 14.4 Å². The van der Waals surface area contributed by atoms with Crippen LogP contribution in [0, 0.1) is 16.0 Å². The fraction of sp³-hybridized carbons (Fsp3) is 0.455. The molecule has 1 aliphatic heterocycles. The first-order valence-corrected chi connectivity index (χ1v) is 12.5. The van der Waals surface area contributed by atoms with Gasteiger partial charge >= 0.3 is 0 Å². The highest BCUT2D eigenvalue weighted by atomic mass is 32.2. The van der Waals surface area contributed by atoms with Crippen LogP contribution in [0.25, 0.3) is 10.7 Å². The molecule has 0 spiro atoms. The smallest absolute Gasteiger partial charge is 0.270 e. The minimum atomic E-state index is -0.384. The molecule has 2 aliphatic rings. The van der Waals surface area contributed by atoms with E-state index in [1.165, 1.54) is 41.1 Å². The number of hydrogen-bond acceptors (Lipinski definition) is 8. The second-order valence-electron chi connectivity index (χ2n) is 8.19. The van der Waals surface area contributed by atoms with Crippen molar-refractivity contribution in [1.29, 1.82) is 0 Å². The molecule has 0 saturated heterocycles. The van der Waals surface area contributed by atoms with Gasteiger partial charge in [0.15, 0.2) is 17.8 Å². The first-order valence-electron chi connectivity index (χ1n) is 10.7. The summed E-state index contributed by atoms with van der Waals surface area (Å²) in [4.78, 5) is 13.6. The molecule has 0 N–H and O–H groups in total. The molecular weight excluding hydrogens is 448 g/mol. The number of benzene rings is 1. The number of non-ortho nitro benzene ring substituents is 1. The normalized spacial score (nSPS) is 17.5. The number of hydrogen-bond donors (Lipinski definition) is 0. The number of nitro groups is 1. The molecule has 32 heavy (non-hydrogen) atoms. The molecule has 0 bridgehead atoms. The lowest BCUT2D eigenvalue weighted by Gasteiger charge is -2.20. The quantitative estimate of drug-likeness (QED) is 0.279. The van der Waals surface area contributed by atoms with Gasteiger partial charge in [0.25, 0.3) is 5.69 Å². The minimum absolute atomic E-state index is 0.0432. The number of thioether (sulfide) groups is 1. The molecule has 8 nitrogen and oxygen atoms in total. The lowest BCUT2D eigenvalue weighted by Crippen LogP contribution is -2.13. The molecule has 0 amide bonds. The molecule has 1 atom stereocenters. The van der Waals surface area contributed by atoms with Crippen molar-refractivity contribution in [3.63, 3.8) is 0 Å². The molecule has 2 aromatic heterocycles. The van der Waals surface area contributed by atoms with Crippen molar-refractivity contribution in [1.82, 2.24) is 14.8 Å². The maximum Gasteiger partial charge on any atom is 0.270 e. The third-order valence-electron chi connectivity index (χ3n) is 6.16. The number of thiophene rings is 1. The van der Waals surface area contributed by atoms with Crippen molar-refractivity contribution >= 4 is 28.8 Å².